The Morgan fingerprint density at radius 1 is 1.40 bits per heavy atom. The van der Waals surface area contributed by atoms with Crippen molar-refractivity contribution in [2.75, 3.05) is 5.32 Å². The van der Waals surface area contributed by atoms with Crippen LogP contribution >= 0.6 is 0 Å². The van der Waals surface area contributed by atoms with Gasteiger partial charge in [0, 0.05) is 11.8 Å². The number of carbonyl (C=O) groups excluding carboxylic acids is 1. The molecule has 2 rings (SSSR count). The van der Waals surface area contributed by atoms with Gasteiger partial charge in [-0.05, 0) is 23.4 Å². The van der Waals surface area contributed by atoms with Gasteiger partial charge in [-0.3, -0.25) is 4.79 Å². The molecule has 2 aromatic rings. The molecule has 0 radical (unpaired) electrons. The van der Waals surface area contributed by atoms with Gasteiger partial charge in [0.1, 0.15) is 24.0 Å². The van der Waals surface area contributed by atoms with E-state index in [4.69, 9.17) is 10.5 Å². The Kier molecular flexibility index (Phi) is 3.80. The minimum absolute atomic E-state index is 0.142. The highest BCUT2D eigenvalue weighted by molar-refractivity contribution is 5.79. The Bertz CT molecular complexity index is 734. The molecule has 0 unspecified atom stereocenters. The molecule has 1 aromatic carbocycles. The number of tetrazole rings is 1. The summed E-state index contributed by atoms with van der Waals surface area (Å²) >= 11 is 0. The summed E-state index contributed by atoms with van der Waals surface area (Å²) in [6.07, 6.45) is 2.02. The van der Waals surface area contributed by atoms with Crippen molar-refractivity contribution in [3.05, 3.63) is 41.4 Å². The third-order valence-electron chi connectivity index (χ3n) is 2.38. The molecule has 0 spiro atoms. The third-order valence-corrected chi connectivity index (χ3v) is 2.38. The van der Waals surface area contributed by atoms with Crippen LogP contribution < -0.4 is 5.32 Å². The SMILES string of the molecule is N#CC(=CNc1ccc(C=O)cc1C#N)c1nn[nH]n1. The average Bonchev–Trinajstić information content (AvgIpc) is 3.02. The Hall–Kier alpha value is -3.52. The van der Waals surface area contributed by atoms with Crippen LogP contribution in [0.1, 0.15) is 21.7 Å². The number of aldehydes is 1. The van der Waals surface area contributed by atoms with Crippen LogP contribution in [0.4, 0.5) is 5.69 Å². The van der Waals surface area contributed by atoms with E-state index in [0.717, 1.165) is 0 Å². The molecule has 1 aromatic heterocycles. The number of nitrogens with zero attached hydrogens (tertiary/aromatic N) is 5. The van der Waals surface area contributed by atoms with E-state index >= 15 is 0 Å². The van der Waals surface area contributed by atoms with Crippen LogP contribution in [0.2, 0.25) is 0 Å². The molecule has 0 fully saturated rings. The van der Waals surface area contributed by atoms with Crippen molar-refractivity contribution in [2.24, 2.45) is 0 Å². The maximum absolute atomic E-state index is 10.6. The van der Waals surface area contributed by atoms with Crippen LogP contribution in [0.5, 0.6) is 0 Å². The summed E-state index contributed by atoms with van der Waals surface area (Å²) in [5.74, 6) is 0.142. The lowest BCUT2D eigenvalue weighted by Gasteiger charge is -2.04. The molecule has 0 aliphatic heterocycles. The highest BCUT2D eigenvalue weighted by Gasteiger charge is 2.07. The van der Waals surface area contributed by atoms with Gasteiger partial charge in [-0.25, -0.2) is 0 Å². The maximum atomic E-state index is 10.6. The van der Waals surface area contributed by atoms with Gasteiger partial charge in [-0.1, -0.05) is 0 Å². The first-order valence-electron chi connectivity index (χ1n) is 5.38. The molecule has 8 nitrogen and oxygen atoms in total. The van der Waals surface area contributed by atoms with E-state index < -0.39 is 0 Å². The van der Waals surface area contributed by atoms with Gasteiger partial charge in [0.2, 0.25) is 5.82 Å². The summed E-state index contributed by atoms with van der Waals surface area (Å²) in [4.78, 5) is 10.6. The zero-order chi connectivity index (χ0) is 14.4. The minimum Gasteiger partial charge on any atom is -0.359 e. The summed E-state index contributed by atoms with van der Waals surface area (Å²) in [5.41, 5.74) is 1.31. The molecule has 0 aliphatic carbocycles. The molecule has 0 bridgehead atoms. The van der Waals surface area contributed by atoms with E-state index in [1.54, 1.807) is 12.1 Å². The van der Waals surface area contributed by atoms with Crippen molar-refractivity contribution in [3.63, 3.8) is 0 Å². The highest BCUT2D eigenvalue weighted by atomic mass is 16.1. The predicted molar refractivity (Wildman–Crippen MR) is 67.9 cm³/mol. The second-order valence-electron chi connectivity index (χ2n) is 3.58. The second kappa shape index (κ2) is 5.89. The van der Waals surface area contributed by atoms with Crippen molar-refractivity contribution < 1.29 is 4.79 Å². The van der Waals surface area contributed by atoms with E-state index in [1.807, 2.05) is 12.1 Å². The molecule has 20 heavy (non-hydrogen) atoms. The van der Waals surface area contributed by atoms with Crippen LogP contribution in [0.25, 0.3) is 5.57 Å². The van der Waals surface area contributed by atoms with E-state index in [1.165, 1.54) is 12.3 Å². The van der Waals surface area contributed by atoms with Gasteiger partial charge in [0.15, 0.2) is 0 Å². The predicted octanol–water partition coefficient (Wildman–Crippen LogP) is 0.860. The van der Waals surface area contributed by atoms with Gasteiger partial charge >= 0.3 is 0 Å². The molecule has 0 aliphatic rings. The monoisotopic (exact) mass is 265 g/mol. The summed E-state index contributed by atoms with van der Waals surface area (Å²) < 4.78 is 0. The van der Waals surface area contributed by atoms with E-state index in [9.17, 15) is 4.79 Å². The fourth-order valence-corrected chi connectivity index (χ4v) is 1.43. The van der Waals surface area contributed by atoms with Gasteiger partial charge < -0.3 is 5.32 Å². The molecule has 8 heteroatoms. The zero-order valence-corrected chi connectivity index (χ0v) is 10.0. The first kappa shape index (κ1) is 12.9. The molecule has 0 saturated heterocycles. The van der Waals surface area contributed by atoms with Crippen molar-refractivity contribution in [1.29, 1.82) is 10.5 Å². The molecular formula is C12H7N7O. The van der Waals surface area contributed by atoms with E-state index in [0.29, 0.717) is 17.5 Å². The number of allylic oxidation sites excluding steroid dienone is 1. The number of nitriles is 2. The molecule has 0 atom stereocenters. The quantitative estimate of drug-likeness (QED) is 0.618. The fourth-order valence-electron chi connectivity index (χ4n) is 1.43. The Morgan fingerprint density at radius 2 is 2.25 bits per heavy atom. The summed E-state index contributed by atoms with van der Waals surface area (Å²) in [6.45, 7) is 0. The molecule has 0 amide bonds. The Morgan fingerprint density at radius 3 is 2.85 bits per heavy atom. The van der Waals surface area contributed by atoms with E-state index in [2.05, 4.69) is 25.9 Å². The van der Waals surface area contributed by atoms with Gasteiger partial charge in [-0.15, -0.1) is 10.2 Å². The number of aromatic amines is 1. The van der Waals surface area contributed by atoms with Gasteiger partial charge in [0.05, 0.1) is 11.3 Å². The second-order valence-corrected chi connectivity index (χ2v) is 3.58. The van der Waals surface area contributed by atoms with Crippen LogP contribution in [0.15, 0.2) is 24.4 Å². The van der Waals surface area contributed by atoms with Crippen LogP contribution in [-0.4, -0.2) is 26.9 Å². The maximum Gasteiger partial charge on any atom is 0.216 e. The third kappa shape index (κ3) is 2.66. The van der Waals surface area contributed by atoms with Crippen molar-refractivity contribution >= 4 is 17.5 Å². The fraction of sp³-hybridized carbons (Fsp3) is 0. The van der Waals surface area contributed by atoms with Crippen LogP contribution in [-0.2, 0) is 0 Å². The number of rotatable bonds is 4. The first-order valence-corrected chi connectivity index (χ1v) is 5.38. The van der Waals surface area contributed by atoms with Crippen molar-refractivity contribution in [3.8, 4) is 12.1 Å². The zero-order valence-electron chi connectivity index (χ0n) is 10.0. The van der Waals surface area contributed by atoms with Crippen LogP contribution in [0.3, 0.4) is 0 Å². The lowest BCUT2D eigenvalue weighted by molar-refractivity contribution is 0.112. The number of aromatic nitrogens is 4. The normalized spacial score (nSPS) is 10.4. The van der Waals surface area contributed by atoms with Crippen LogP contribution in [0, 0.1) is 22.7 Å². The highest BCUT2D eigenvalue weighted by Crippen LogP contribution is 2.17. The number of H-pyrrole nitrogens is 1. The lowest BCUT2D eigenvalue weighted by Crippen LogP contribution is -1.96. The molecule has 1 heterocycles. The van der Waals surface area contributed by atoms with Gasteiger partial charge in [-0.2, -0.15) is 15.7 Å². The largest absolute Gasteiger partial charge is 0.359 e. The molecular weight excluding hydrogens is 258 g/mol. The number of nitrogens with one attached hydrogen (secondary N) is 2. The first-order chi connectivity index (χ1) is 9.78. The number of carbonyl (C=O) groups is 1. The average molecular weight is 265 g/mol. The lowest BCUT2D eigenvalue weighted by atomic mass is 10.1. The summed E-state index contributed by atoms with van der Waals surface area (Å²) in [7, 11) is 0. The molecule has 0 saturated carbocycles. The summed E-state index contributed by atoms with van der Waals surface area (Å²) in [6, 6.07) is 8.45. The van der Waals surface area contributed by atoms with E-state index in [-0.39, 0.29) is 17.0 Å². The smallest absolute Gasteiger partial charge is 0.216 e. The molecule has 2 N–H and O–H groups in total. The number of benzene rings is 1. The van der Waals surface area contributed by atoms with Crippen molar-refractivity contribution in [2.45, 2.75) is 0 Å². The van der Waals surface area contributed by atoms with Crippen molar-refractivity contribution in [1.82, 2.24) is 20.6 Å². The topological polar surface area (TPSA) is 131 Å². The minimum atomic E-state index is 0.142. The Labute approximate surface area is 113 Å². The number of hydrogen-bond donors (Lipinski definition) is 2. The standard InChI is InChI=1S/C12H7N7O/c13-4-9-3-8(7-20)1-2-11(9)15-6-10(5-14)12-16-18-19-17-12/h1-3,6-7,15H,(H,16,17,18,19). The Balaban J connectivity index is 2.29. The van der Waals surface area contributed by atoms with Gasteiger partial charge in [0.25, 0.3) is 0 Å². The summed E-state index contributed by atoms with van der Waals surface area (Å²) in [5, 5.41) is 33.8. The number of hydrogen-bond acceptors (Lipinski definition) is 7. The molecule has 96 valence electrons. The number of anilines is 1.